The summed E-state index contributed by atoms with van der Waals surface area (Å²) in [5, 5.41) is 5.18. The minimum absolute atomic E-state index is 0.182. The highest BCUT2D eigenvalue weighted by molar-refractivity contribution is 5.95. The van der Waals surface area contributed by atoms with Crippen molar-refractivity contribution in [3.63, 3.8) is 0 Å². The first-order valence-corrected chi connectivity index (χ1v) is 9.96. The van der Waals surface area contributed by atoms with Gasteiger partial charge in [0.05, 0.1) is 18.2 Å². The number of amides is 1. The van der Waals surface area contributed by atoms with Crippen molar-refractivity contribution in [2.75, 3.05) is 18.6 Å². The van der Waals surface area contributed by atoms with Gasteiger partial charge in [-0.3, -0.25) is 4.79 Å². The highest BCUT2D eigenvalue weighted by Gasteiger charge is 2.27. The number of halogens is 2. The van der Waals surface area contributed by atoms with Gasteiger partial charge in [-0.15, -0.1) is 5.10 Å². The lowest BCUT2D eigenvalue weighted by Crippen LogP contribution is -2.36. The maximum atomic E-state index is 14.4. The van der Waals surface area contributed by atoms with E-state index in [4.69, 9.17) is 4.74 Å². The van der Waals surface area contributed by atoms with Crippen LogP contribution in [0.4, 0.5) is 14.5 Å². The smallest absolute Gasteiger partial charge is 0.242 e. The van der Waals surface area contributed by atoms with Crippen molar-refractivity contribution >= 4 is 22.6 Å². The molecule has 0 aliphatic carbocycles. The van der Waals surface area contributed by atoms with Crippen LogP contribution in [0.15, 0.2) is 12.1 Å². The molecular formula is C22H24F2N4O2. The van der Waals surface area contributed by atoms with Crippen LogP contribution in [0.3, 0.4) is 0 Å². The number of methoxy groups -OCH3 is 1. The molecule has 0 fully saturated rings. The summed E-state index contributed by atoms with van der Waals surface area (Å²) in [4.78, 5) is 19.1. The van der Waals surface area contributed by atoms with Gasteiger partial charge in [0, 0.05) is 31.8 Å². The zero-order chi connectivity index (χ0) is 21.6. The summed E-state index contributed by atoms with van der Waals surface area (Å²) in [7, 11) is 3.38. The van der Waals surface area contributed by atoms with Crippen LogP contribution in [0.2, 0.25) is 0 Å². The van der Waals surface area contributed by atoms with Crippen LogP contribution in [0.1, 0.15) is 35.2 Å². The molecule has 8 heteroatoms. The molecular weight excluding hydrogens is 390 g/mol. The number of aromatic nitrogens is 3. The summed E-state index contributed by atoms with van der Waals surface area (Å²) in [6, 6.07) is 2.16. The molecule has 30 heavy (non-hydrogen) atoms. The molecule has 1 amide bonds. The first-order chi connectivity index (χ1) is 14.3. The molecule has 1 aliphatic rings. The number of fused-ring (bicyclic) bond motifs is 2. The molecule has 0 atom stereocenters. The normalized spacial score (nSPS) is 13.6. The Balaban J connectivity index is 1.62. The van der Waals surface area contributed by atoms with Crippen LogP contribution in [0.5, 0.6) is 5.88 Å². The summed E-state index contributed by atoms with van der Waals surface area (Å²) in [5.74, 6) is -0.983. The SMILES string of the molecule is COc1nn(C)c2nc(C)c(CCC(=O)N3CCCc4cc(F)cc(F)c43)c(C)c12. The van der Waals surface area contributed by atoms with Crippen molar-refractivity contribution in [1.29, 1.82) is 0 Å². The van der Waals surface area contributed by atoms with Crippen LogP contribution < -0.4 is 9.64 Å². The monoisotopic (exact) mass is 414 g/mol. The number of hydrogen-bond donors (Lipinski definition) is 0. The second-order valence-corrected chi connectivity index (χ2v) is 7.68. The Labute approximate surface area is 173 Å². The molecule has 3 aromatic rings. The van der Waals surface area contributed by atoms with Gasteiger partial charge in [-0.05, 0) is 55.9 Å². The van der Waals surface area contributed by atoms with Gasteiger partial charge in [-0.25, -0.2) is 18.4 Å². The number of rotatable bonds is 4. The van der Waals surface area contributed by atoms with Crippen LogP contribution in [-0.2, 0) is 24.7 Å². The predicted octanol–water partition coefficient (Wildman–Crippen LogP) is 3.78. The van der Waals surface area contributed by atoms with E-state index in [1.807, 2.05) is 20.9 Å². The Bertz CT molecular complexity index is 1160. The molecule has 6 nitrogen and oxygen atoms in total. The minimum Gasteiger partial charge on any atom is -0.479 e. The lowest BCUT2D eigenvalue weighted by molar-refractivity contribution is -0.118. The molecule has 4 rings (SSSR count). The summed E-state index contributed by atoms with van der Waals surface area (Å²) < 4.78 is 35.1. The van der Waals surface area contributed by atoms with Gasteiger partial charge in [0.1, 0.15) is 11.6 Å². The standard InChI is InChI=1S/C22H24F2N4O2/c1-12-16(13(2)25-21-19(12)22(30-4)26-27(21)3)7-8-18(29)28-9-5-6-14-10-15(23)11-17(24)20(14)28/h10-11H,5-9H2,1-4H3. The van der Waals surface area contributed by atoms with E-state index in [9.17, 15) is 13.6 Å². The van der Waals surface area contributed by atoms with E-state index >= 15 is 0 Å². The average molecular weight is 414 g/mol. The number of pyridine rings is 1. The third-order valence-corrected chi connectivity index (χ3v) is 5.81. The van der Waals surface area contributed by atoms with Crippen LogP contribution >= 0.6 is 0 Å². The van der Waals surface area contributed by atoms with Crippen LogP contribution in [-0.4, -0.2) is 34.3 Å². The Kier molecular flexibility index (Phi) is 5.17. The average Bonchev–Trinajstić information content (AvgIpc) is 3.02. The Hall–Kier alpha value is -3.03. The minimum atomic E-state index is -0.686. The summed E-state index contributed by atoms with van der Waals surface area (Å²) >= 11 is 0. The van der Waals surface area contributed by atoms with Crippen molar-refractivity contribution in [1.82, 2.24) is 14.8 Å². The highest BCUT2D eigenvalue weighted by atomic mass is 19.1. The number of carbonyl (C=O) groups excluding carboxylic acids is 1. The predicted molar refractivity (Wildman–Crippen MR) is 110 cm³/mol. The molecule has 0 spiro atoms. The third-order valence-electron chi connectivity index (χ3n) is 5.81. The van der Waals surface area contributed by atoms with Gasteiger partial charge in [-0.1, -0.05) is 0 Å². The molecule has 0 saturated heterocycles. The number of carbonyl (C=O) groups is 1. The van der Waals surface area contributed by atoms with Crippen molar-refractivity contribution in [3.05, 3.63) is 46.2 Å². The molecule has 0 unspecified atom stereocenters. The Morgan fingerprint density at radius 1 is 1.27 bits per heavy atom. The topological polar surface area (TPSA) is 60.2 Å². The fourth-order valence-corrected chi connectivity index (χ4v) is 4.38. The van der Waals surface area contributed by atoms with Gasteiger partial charge in [0.25, 0.3) is 0 Å². The number of nitrogens with zero attached hydrogens (tertiary/aromatic N) is 4. The first-order valence-electron chi connectivity index (χ1n) is 9.96. The van der Waals surface area contributed by atoms with E-state index < -0.39 is 11.6 Å². The number of ether oxygens (including phenoxy) is 1. The summed E-state index contributed by atoms with van der Waals surface area (Å²) in [6.45, 7) is 4.31. The van der Waals surface area contributed by atoms with E-state index in [1.165, 1.54) is 11.0 Å². The van der Waals surface area contributed by atoms with E-state index in [0.717, 1.165) is 33.9 Å². The van der Waals surface area contributed by atoms with Crippen LogP contribution in [0, 0.1) is 25.5 Å². The zero-order valence-electron chi connectivity index (χ0n) is 17.6. The molecule has 3 heterocycles. The second kappa shape index (κ2) is 7.66. The highest BCUT2D eigenvalue weighted by Crippen LogP contribution is 2.33. The fraction of sp³-hybridized carbons (Fsp3) is 0.409. The maximum absolute atomic E-state index is 14.4. The van der Waals surface area contributed by atoms with E-state index in [1.54, 1.807) is 11.8 Å². The Morgan fingerprint density at radius 2 is 2.03 bits per heavy atom. The number of benzene rings is 1. The van der Waals surface area contributed by atoms with Gasteiger partial charge in [0.2, 0.25) is 11.8 Å². The molecule has 158 valence electrons. The molecule has 1 aromatic carbocycles. The van der Waals surface area contributed by atoms with Crippen molar-refractivity contribution in [3.8, 4) is 5.88 Å². The quantitative estimate of drug-likeness (QED) is 0.652. The largest absolute Gasteiger partial charge is 0.479 e. The fourth-order valence-electron chi connectivity index (χ4n) is 4.38. The zero-order valence-corrected chi connectivity index (χ0v) is 17.6. The number of aryl methyl sites for hydroxylation is 4. The second-order valence-electron chi connectivity index (χ2n) is 7.68. The maximum Gasteiger partial charge on any atom is 0.242 e. The van der Waals surface area contributed by atoms with E-state index in [0.29, 0.717) is 37.3 Å². The Morgan fingerprint density at radius 3 is 2.77 bits per heavy atom. The molecule has 1 aliphatic heterocycles. The molecule has 0 saturated carbocycles. The summed E-state index contributed by atoms with van der Waals surface area (Å²) in [6.07, 6.45) is 1.91. The number of anilines is 1. The van der Waals surface area contributed by atoms with Crippen molar-refractivity contribution in [2.45, 2.75) is 39.5 Å². The third kappa shape index (κ3) is 3.30. The molecule has 2 aromatic heterocycles. The van der Waals surface area contributed by atoms with E-state index in [-0.39, 0.29) is 18.0 Å². The van der Waals surface area contributed by atoms with Gasteiger partial charge >= 0.3 is 0 Å². The lowest BCUT2D eigenvalue weighted by atomic mass is 9.98. The van der Waals surface area contributed by atoms with Crippen molar-refractivity contribution < 1.29 is 18.3 Å². The van der Waals surface area contributed by atoms with Crippen LogP contribution in [0.25, 0.3) is 11.0 Å². The van der Waals surface area contributed by atoms with Gasteiger partial charge in [0.15, 0.2) is 5.65 Å². The van der Waals surface area contributed by atoms with Crippen molar-refractivity contribution in [2.24, 2.45) is 7.05 Å². The van der Waals surface area contributed by atoms with Gasteiger partial charge < -0.3 is 9.64 Å². The molecule has 0 bridgehead atoms. The first kappa shape index (κ1) is 20.3. The molecule has 0 N–H and O–H groups in total. The molecule has 0 radical (unpaired) electrons. The van der Waals surface area contributed by atoms with E-state index in [2.05, 4.69) is 10.1 Å². The van der Waals surface area contributed by atoms with Gasteiger partial charge in [-0.2, -0.15) is 0 Å². The number of hydrogen-bond acceptors (Lipinski definition) is 4. The lowest BCUT2D eigenvalue weighted by Gasteiger charge is -2.30. The summed E-state index contributed by atoms with van der Waals surface area (Å²) in [5.41, 5.74) is 4.24.